The highest BCUT2D eigenvalue weighted by Crippen LogP contribution is 2.14. The summed E-state index contributed by atoms with van der Waals surface area (Å²) in [5.41, 5.74) is 0. The van der Waals surface area contributed by atoms with Crippen molar-refractivity contribution in [2.75, 3.05) is 26.2 Å². The fourth-order valence-electron chi connectivity index (χ4n) is 1.72. The van der Waals surface area contributed by atoms with Gasteiger partial charge in [-0.05, 0) is 12.3 Å². The first-order valence-electron chi connectivity index (χ1n) is 5.35. The topological polar surface area (TPSA) is 43.8 Å². The molecule has 0 aromatic rings. The first-order valence-corrected chi connectivity index (χ1v) is 5.35. The van der Waals surface area contributed by atoms with E-state index in [2.05, 4.69) is 11.9 Å². The van der Waals surface area contributed by atoms with Crippen LogP contribution in [-0.2, 0) is 4.79 Å². The number of aliphatic hydroxyl groups is 1. The van der Waals surface area contributed by atoms with Crippen LogP contribution in [0.3, 0.4) is 0 Å². The number of amides is 1. The van der Waals surface area contributed by atoms with Gasteiger partial charge in [0.15, 0.2) is 0 Å². The highest BCUT2D eigenvalue weighted by molar-refractivity contribution is 5.77. The van der Waals surface area contributed by atoms with Gasteiger partial charge >= 0.3 is 0 Å². The summed E-state index contributed by atoms with van der Waals surface area (Å²) in [4.78, 5) is 11.5. The van der Waals surface area contributed by atoms with Gasteiger partial charge in [0, 0.05) is 32.7 Å². The molecule has 0 spiro atoms. The van der Waals surface area contributed by atoms with Crippen LogP contribution in [-0.4, -0.2) is 47.3 Å². The summed E-state index contributed by atoms with van der Waals surface area (Å²) in [6.45, 7) is 6.64. The van der Waals surface area contributed by atoms with E-state index < -0.39 is 0 Å². The zero-order valence-electron chi connectivity index (χ0n) is 9.07. The summed E-state index contributed by atoms with van der Waals surface area (Å²) in [5, 5.41) is 12.8. The predicted molar refractivity (Wildman–Crippen MR) is 54.4 cm³/mol. The molecule has 0 radical (unpaired) electrons. The quantitative estimate of drug-likeness (QED) is 0.701. The Balaban J connectivity index is 2.46. The summed E-state index contributed by atoms with van der Waals surface area (Å²) >= 11 is 0. The zero-order valence-corrected chi connectivity index (χ0v) is 9.07. The molecule has 0 aromatic carbocycles. The van der Waals surface area contributed by atoms with Gasteiger partial charge in [0.2, 0.25) is 5.91 Å². The molecule has 1 amide bonds. The molecular weight excluding hydrogens is 180 g/mol. The van der Waals surface area contributed by atoms with Gasteiger partial charge < -0.3 is 5.11 Å². The first kappa shape index (κ1) is 11.5. The number of hydrogen-bond acceptors (Lipinski definition) is 3. The molecule has 4 nitrogen and oxygen atoms in total. The first-order chi connectivity index (χ1) is 6.69. The summed E-state index contributed by atoms with van der Waals surface area (Å²) in [7, 11) is 0. The van der Waals surface area contributed by atoms with Crippen LogP contribution in [0.5, 0.6) is 0 Å². The minimum absolute atomic E-state index is 0.185. The van der Waals surface area contributed by atoms with E-state index in [0.29, 0.717) is 6.42 Å². The SMILES string of the molecule is CCCN1C(=O)CCN1CC(C)CO. The molecule has 0 saturated carbocycles. The molecule has 1 heterocycles. The van der Waals surface area contributed by atoms with Crippen LogP contribution in [0.4, 0.5) is 0 Å². The predicted octanol–water partition coefficient (Wildman–Crippen LogP) is 0.474. The maximum absolute atomic E-state index is 11.5. The molecule has 0 aliphatic carbocycles. The Labute approximate surface area is 85.5 Å². The van der Waals surface area contributed by atoms with Crippen LogP contribution in [0.2, 0.25) is 0 Å². The lowest BCUT2D eigenvalue weighted by Crippen LogP contribution is -2.42. The molecule has 0 aromatic heterocycles. The molecule has 1 fully saturated rings. The maximum Gasteiger partial charge on any atom is 0.238 e. The summed E-state index contributed by atoms with van der Waals surface area (Å²) in [6.07, 6.45) is 1.61. The normalized spacial score (nSPS) is 20.5. The molecule has 14 heavy (non-hydrogen) atoms. The Bertz CT molecular complexity index is 197. The number of carbonyl (C=O) groups excluding carboxylic acids is 1. The average molecular weight is 200 g/mol. The lowest BCUT2D eigenvalue weighted by atomic mass is 10.2. The molecule has 1 rings (SSSR count). The van der Waals surface area contributed by atoms with E-state index >= 15 is 0 Å². The Kier molecular flexibility index (Phi) is 4.35. The molecule has 82 valence electrons. The molecule has 1 saturated heterocycles. The van der Waals surface area contributed by atoms with Crippen LogP contribution in [0.15, 0.2) is 0 Å². The minimum atomic E-state index is 0.185. The molecule has 1 aliphatic rings. The van der Waals surface area contributed by atoms with E-state index in [1.165, 1.54) is 0 Å². The molecule has 1 unspecified atom stereocenters. The van der Waals surface area contributed by atoms with Crippen LogP contribution < -0.4 is 0 Å². The summed E-state index contributed by atoms with van der Waals surface area (Å²) < 4.78 is 0. The summed E-state index contributed by atoms with van der Waals surface area (Å²) in [5.74, 6) is 0.456. The van der Waals surface area contributed by atoms with Crippen LogP contribution in [0.25, 0.3) is 0 Å². The maximum atomic E-state index is 11.5. The van der Waals surface area contributed by atoms with Crippen molar-refractivity contribution in [1.29, 1.82) is 0 Å². The number of rotatable bonds is 5. The monoisotopic (exact) mass is 200 g/mol. The van der Waals surface area contributed by atoms with Gasteiger partial charge in [-0.1, -0.05) is 13.8 Å². The van der Waals surface area contributed by atoms with Crippen molar-refractivity contribution in [3.63, 3.8) is 0 Å². The molecule has 0 bridgehead atoms. The van der Waals surface area contributed by atoms with Crippen molar-refractivity contribution in [2.45, 2.75) is 26.7 Å². The van der Waals surface area contributed by atoms with E-state index in [4.69, 9.17) is 5.11 Å². The van der Waals surface area contributed by atoms with Crippen molar-refractivity contribution in [2.24, 2.45) is 5.92 Å². The molecule has 4 heteroatoms. The van der Waals surface area contributed by atoms with Crippen molar-refractivity contribution < 1.29 is 9.90 Å². The van der Waals surface area contributed by atoms with E-state index in [0.717, 1.165) is 26.1 Å². The van der Waals surface area contributed by atoms with Crippen LogP contribution >= 0.6 is 0 Å². The second-order valence-corrected chi connectivity index (χ2v) is 3.97. The molecule has 1 aliphatic heterocycles. The standard InChI is InChI=1S/C10H20N2O2/c1-3-5-12-10(14)4-6-11(12)7-9(2)8-13/h9,13H,3-8H2,1-2H3. The third-order valence-electron chi connectivity index (χ3n) is 2.48. The van der Waals surface area contributed by atoms with Gasteiger partial charge in [0.05, 0.1) is 0 Å². The lowest BCUT2D eigenvalue weighted by Gasteiger charge is -2.29. The zero-order chi connectivity index (χ0) is 10.6. The van der Waals surface area contributed by atoms with Crippen molar-refractivity contribution in [3.8, 4) is 0 Å². The Morgan fingerprint density at radius 2 is 2.29 bits per heavy atom. The molecular formula is C10H20N2O2. The average Bonchev–Trinajstić information content (AvgIpc) is 2.50. The third kappa shape index (κ3) is 2.69. The van der Waals surface area contributed by atoms with Crippen molar-refractivity contribution >= 4 is 5.91 Å². The van der Waals surface area contributed by atoms with Gasteiger partial charge in [-0.3, -0.25) is 9.80 Å². The smallest absolute Gasteiger partial charge is 0.238 e. The minimum Gasteiger partial charge on any atom is -0.396 e. The number of hydrazine groups is 1. The highest BCUT2D eigenvalue weighted by Gasteiger charge is 2.28. The number of carbonyl (C=O) groups is 1. The van der Waals surface area contributed by atoms with Gasteiger partial charge in [0.25, 0.3) is 0 Å². The lowest BCUT2D eigenvalue weighted by molar-refractivity contribution is -0.138. The number of hydrogen-bond donors (Lipinski definition) is 1. The number of nitrogens with zero attached hydrogens (tertiary/aromatic N) is 2. The van der Waals surface area contributed by atoms with E-state index in [-0.39, 0.29) is 18.4 Å². The van der Waals surface area contributed by atoms with Gasteiger partial charge in [-0.25, -0.2) is 5.01 Å². The van der Waals surface area contributed by atoms with Gasteiger partial charge in [-0.2, -0.15) is 0 Å². The molecule has 1 atom stereocenters. The molecule has 1 N–H and O–H groups in total. The highest BCUT2D eigenvalue weighted by atomic mass is 16.3. The van der Waals surface area contributed by atoms with Crippen molar-refractivity contribution in [3.05, 3.63) is 0 Å². The second kappa shape index (κ2) is 5.32. The third-order valence-corrected chi connectivity index (χ3v) is 2.48. The van der Waals surface area contributed by atoms with Gasteiger partial charge in [0.1, 0.15) is 0 Å². The largest absolute Gasteiger partial charge is 0.396 e. The second-order valence-electron chi connectivity index (χ2n) is 3.97. The fraction of sp³-hybridized carbons (Fsp3) is 0.900. The Morgan fingerprint density at radius 1 is 1.57 bits per heavy atom. The van der Waals surface area contributed by atoms with Crippen LogP contribution in [0.1, 0.15) is 26.7 Å². The van der Waals surface area contributed by atoms with E-state index in [1.807, 2.05) is 11.9 Å². The van der Waals surface area contributed by atoms with Gasteiger partial charge in [-0.15, -0.1) is 0 Å². The summed E-state index contributed by atoms with van der Waals surface area (Å²) in [6, 6.07) is 0. The van der Waals surface area contributed by atoms with E-state index in [9.17, 15) is 4.79 Å². The number of aliphatic hydroxyl groups excluding tert-OH is 1. The van der Waals surface area contributed by atoms with E-state index in [1.54, 1.807) is 0 Å². The van der Waals surface area contributed by atoms with Crippen molar-refractivity contribution in [1.82, 2.24) is 10.0 Å². The Morgan fingerprint density at radius 3 is 2.86 bits per heavy atom. The Hall–Kier alpha value is -0.610. The fourth-order valence-corrected chi connectivity index (χ4v) is 1.72. The van der Waals surface area contributed by atoms with Crippen LogP contribution in [0, 0.1) is 5.92 Å².